The maximum absolute atomic E-state index is 10.5. The van der Waals surface area contributed by atoms with Gasteiger partial charge >= 0.3 is 5.97 Å². The molecule has 23 heavy (non-hydrogen) atoms. The largest absolute Gasteiger partial charge is 0.550 e. The number of likely N-dealkylation sites (N-methyl/N-ethyl adjacent to an activating group) is 1. The summed E-state index contributed by atoms with van der Waals surface area (Å²) in [5.41, 5.74) is 0. The minimum atomic E-state index is -1.42. The number of aliphatic carboxylic acids is 1. The van der Waals surface area contributed by atoms with E-state index in [0.29, 0.717) is 11.0 Å². The number of quaternary nitrogens is 1. The molecule has 1 aliphatic heterocycles. The Morgan fingerprint density at radius 1 is 1.30 bits per heavy atom. The number of aliphatic hydroxyl groups is 5. The monoisotopic (exact) mass is 337 g/mol. The van der Waals surface area contributed by atoms with Gasteiger partial charge in [0.15, 0.2) is 11.9 Å². The number of carboxylic acid groups (broad SMARTS) is 1. The molecule has 10 nitrogen and oxygen atoms in total. The van der Waals surface area contributed by atoms with E-state index >= 15 is 0 Å². The second-order valence-corrected chi connectivity index (χ2v) is 6.01. The lowest BCUT2D eigenvalue weighted by Gasteiger charge is -2.26. The van der Waals surface area contributed by atoms with E-state index in [1.165, 1.54) is 0 Å². The van der Waals surface area contributed by atoms with Crippen LogP contribution in [0.1, 0.15) is 6.42 Å². The second kappa shape index (κ2) is 8.67. The van der Waals surface area contributed by atoms with Gasteiger partial charge < -0.3 is 44.7 Å². The molecule has 5 N–H and O–H groups in total. The molecule has 0 fully saturated rings. The lowest BCUT2D eigenvalue weighted by molar-refractivity contribution is -0.873. The van der Waals surface area contributed by atoms with Crippen LogP contribution in [0.2, 0.25) is 0 Å². The lowest BCUT2D eigenvalue weighted by atomic mass is 10.2. The standard InChI is InChI=1S/C7H15NO3.C6H8O6/c1-8(2,3)5-6(9)4-7(10)11;7-1-2(8)5-3(9)4(10)6(11)12-5/h6,9H,4-5H2,1-3H3;2,5,7-10H,1H2/t6-;2-,5+/m10/s1. The zero-order valence-corrected chi connectivity index (χ0v) is 13.2. The number of ether oxygens (including phenoxy) is 1. The van der Waals surface area contributed by atoms with E-state index < -0.39 is 48.4 Å². The third-order valence-corrected chi connectivity index (χ3v) is 2.64. The number of hydrogen-bond acceptors (Lipinski definition) is 9. The van der Waals surface area contributed by atoms with Gasteiger partial charge in [0.25, 0.3) is 0 Å². The highest BCUT2D eigenvalue weighted by molar-refractivity contribution is 5.89. The molecule has 1 rings (SSSR count). The summed E-state index contributed by atoms with van der Waals surface area (Å²) in [6.45, 7) is -0.247. The van der Waals surface area contributed by atoms with E-state index in [1.807, 2.05) is 21.1 Å². The van der Waals surface area contributed by atoms with Crippen LogP contribution < -0.4 is 5.11 Å². The summed E-state index contributed by atoms with van der Waals surface area (Å²) in [6, 6.07) is 0. The molecule has 0 radical (unpaired) electrons. The number of esters is 1. The van der Waals surface area contributed by atoms with Crippen molar-refractivity contribution in [3.8, 4) is 0 Å². The fourth-order valence-electron chi connectivity index (χ4n) is 1.71. The average Bonchev–Trinajstić information content (AvgIpc) is 2.63. The van der Waals surface area contributed by atoms with Crippen LogP contribution in [-0.4, -0.2) is 94.6 Å². The fourth-order valence-corrected chi connectivity index (χ4v) is 1.71. The van der Waals surface area contributed by atoms with Crippen LogP contribution in [0.4, 0.5) is 0 Å². The molecule has 10 heteroatoms. The van der Waals surface area contributed by atoms with Gasteiger partial charge in [-0.2, -0.15) is 0 Å². The predicted octanol–water partition coefficient (Wildman–Crippen LogP) is -3.21. The summed E-state index contributed by atoms with van der Waals surface area (Å²) < 4.78 is 4.87. The van der Waals surface area contributed by atoms with E-state index in [1.54, 1.807) is 0 Å². The molecule has 0 spiro atoms. The van der Waals surface area contributed by atoms with E-state index in [2.05, 4.69) is 4.74 Å². The number of carbonyl (C=O) groups is 2. The number of nitrogens with zero attached hydrogens (tertiary/aromatic N) is 1. The quantitative estimate of drug-likeness (QED) is 0.247. The molecule has 0 unspecified atom stereocenters. The second-order valence-electron chi connectivity index (χ2n) is 6.01. The zero-order valence-electron chi connectivity index (χ0n) is 13.2. The van der Waals surface area contributed by atoms with Gasteiger partial charge in [-0.3, -0.25) is 0 Å². The SMILES string of the molecule is C[N+](C)(C)C[C@H](O)CC(=O)[O-].O=C1O[C@H]([C@@H](O)CO)C(O)=C1O. The smallest absolute Gasteiger partial charge is 0.377 e. The maximum Gasteiger partial charge on any atom is 0.377 e. The molecule has 0 amide bonds. The Morgan fingerprint density at radius 2 is 1.83 bits per heavy atom. The third-order valence-electron chi connectivity index (χ3n) is 2.64. The van der Waals surface area contributed by atoms with Crippen molar-refractivity contribution in [2.45, 2.75) is 24.7 Å². The van der Waals surface area contributed by atoms with Crippen LogP contribution in [0.15, 0.2) is 11.5 Å². The van der Waals surface area contributed by atoms with Crippen LogP contribution in [0.25, 0.3) is 0 Å². The Labute approximate surface area is 133 Å². The van der Waals surface area contributed by atoms with Crippen LogP contribution in [0.5, 0.6) is 0 Å². The highest BCUT2D eigenvalue weighted by atomic mass is 16.6. The van der Waals surface area contributed by atoms with Crippen molar-refractivity contribution in [2.75, 3.05) is 34.3 Å². The van der Waals surface area contributed by atoms with Crippen LogP contribution in [-0.2, 0) is 14.3 Å². The zero-order chi connectivity index (χ0) is 18.4. The van der Waals surface area contributed by atoms with E-state index in [9.17, 15) is 14.7 Å². The number of hydrogen-bond donors (Lipinski definition) is 5. The first-order valence-corrected chi connectivity index (χ1v) is 6.69. The first-order chi connectivity index (χ1) is 10.4. The van der Waals surface area contributed by atoms with Crippen molar-refractivity contribution in [2.24, 2.45) is 0 Å². The molecule has 1 aliphatic rings. The normalized spacial score (nSPS) is 20.4. The average molecular weight is 337 g/mol. The lowest BCUT2D eigenvalue weighted by Crippen LogP contribution is -2.43. The summed E-state index contributed by atoms with van der Waals surface area (Å²) in [5.74, 6) is -3.98. The van der Waals surface area contributed by atoms with Gasteiger partial charge in [-0.15, -0.1) is 0 Å². The summed E-state index contributed by atoms with van der Waals surface area (Å²) in [5, 5.41) is 54.2. The van der Waals surface area contributed by atoms with Crippen molar-refractivity contribution >= 4 is 11.9 Å². The van der Waals surface area contributed by atoms with E-state index in [-0.39, 0.29) is 6.42 Å². The molecule has 134 valence electrons. The van der Waals surface area contributed by atoms with Crippen LogP contribution in [0, 0.1) is 0 Å². The number of aliphatic hydroxyl groups excluding tert-OH is 5. The van der Waals surface area contributed by atoms with Crippen molar-refractivity contribution in [1.29, 1.82) is 0 Å². The number of rotatable bonds is 6. The molecule has 0 saturated carbocycles. The van der Waals surface area contributed by atoms with Gasteiger partial charge in [0, 0.05) is 12.4 Å². The summed E-state index contributed by atoms with van der Waals surface area (Å²) >= 11 is 0. The Hall–Kier alpha value is -1.88. The molecule has 0 aromatic heterocycles. The molecule has 0 aliphatic carbocycles. The van der Waals surface area contributed by atoms with Crippen molar-refractivity contribution in [1.82, 2.24) is 0 Å². The molecule has 3 atom stereocenters. The molecule has 0 saturated heterocycles. The molecule has 1 heterocycles. The Bertz CT molecular complexity index is 455. The predicted molar refractivity (Wildman–Crippen MR) is 73.8 cm³/mol. The highest BCUT2D eigenvalue weighted by Gasteiger charge is 2.38. The van der Waals surface area contributed by atoms with Crippen molar-refractivity contribution in [3.05, 3.63) is 11.5 Å². The number of carbonyl (C=O) groups excluding carboxylic acids is 2. The van der Waals surface area contributed by atoms with Gasteiger partial charge in [-0.05, 0) is 0 Å². The van der Waals surface area contributed by atoms with Crippen molar-refractivity contribution < 1.29 is 49.4 Å². The number of cyclic esters (lactones) is 1. The Morgan fingerprint density at radius 3 is 2.13 bits per heavy atom. The van der Waals surface area contributed by atoms with Gasteiger partial charge in [0.2, 0.25) is 5.76 Å². The summed E-state index contributed by atoms with van der Waals surface area (Å²) in [7, 11) is 5.66. The van der Waals surface area contributed by atoms with Gasteiger partial charge in [-0.25, -0.2) is 4.79 Å². The first-order valence-electron chi connectivity index (χ1n) is 6.69. The molecule has 0 aromatic carbocycles. The minimum Gasteiger partial charge on any atom is -0.550 e. The Kier molecular flexibility index (Phi) is 7.97. The van der Waals surface area contributed by atoms with Crippen LogP contribution in [0.3, 0.4) is 0 Å². The van der Waals surface area contributed by atoms with E-state index in [0.717, 1.165) is 0 Å². The molecular formula is C13H23NO9. The fraction of sp³-hybridized carbons (Fsp3) is 0.692. The summed E-state index contributed by atoms with van der Waals surface area (Å²) in [6.07, 6.45) is -3.86. The van der Waals surface area contributed by atoms with Crippen molar-refractivity contribution in [3.63, 3.8) is 0 Å². The van der Waals surface area contributed by atoms with Gasteiger partial charge in [0.1, 0.15) is 18.8 Å². The molecule has 0 bridgehead atoms. The minimum absolute atomic E-state index is 0.282. The highest BCUT2D eigenvalue weighted by Crippen LogP contribution is 2.20. The third kappa shape index (κ3) is 7.79. The Balaban J connectivity index is 0.000000423. The topological polar surface area (TPSA) is 168 Å². The molecular weight excluding hydrogens is 314 g/mol. The van der Waals surface area contributed by atoms with E-state index in [4.69, 9.17) is 25.5 Å². The summed E-state index contributed by atoms with van der Waals surface area (Å²) in [4.78, 5) is 20.5. The maximum atomic E-state index is 10.5. The van der Waals surface area contributed by atoms with Crippen LogP contribution >= 0.6 is 0 Å². The van der Waals surface area contributed by atoms with Gasteiger partial charge in [-0.1, -0.05) is 0 Å². The first kappa shape index (κ1) is 21.1. The number of carboxylic acids is 1. The molecule has 0 aromatic rings. The van der Waals surface area contributed by atoms with Gasteiger partial charge in [0.05, 0.1) is 27.7 Å².